The van der Waals surface area contributed by atoms with Crippen LogP contribution >= 0.6 is 0 Å². The molecule has 1 aromatic rings. The lowest BCUT2D eigenvalue weighted by Crippen LogP contribution is -2.23. The van der Waals surface area contributed by atoms with Gasteiger partial charge in [0.1, 0.15) is 0 Å². The second kappa shape index (κ2) is 6.19. The van der Waals surface area contributed by atoms with Crippen molar-refractivity contribution in [2.24, 2.45) is 5.92 Å². The first-order chi connectivity index (χ1) is 8.75. The number of rotatable bonds is 5. The molecule has 0 saturated heterocycles. The first kappa shape index (κ1) is 15.7. The van der Waals surface area contributed by atoms with Crippen LogP contribution in [0.1, 0.15) is 23.6 Å². The van der Waals surface area contributed by atoms with Gasteiger partial charge in [0.05, 0.1) is 24.5 Å². The predicted molar refractivity (Wildman–Crippen MR) is 74.6 cm³/mol. The lowest BCUT2D eigenvalue weighted by atomic mass is 10.1. The van der Waals surface area contributed by atoms with Crippen molar-refractivity contribution in [3.63, 3.8) is 0 Å². The summed E-state index contributed by atoms with van der Waals surface area (Å²) in [5.74, 6) is -1.37. The van der Waals surface area contributed by atoms with E-state index in [4.69, 9.17) is 0 Å². The highest BCUT2D eigenvalue weighted by Gasteiger charge is 2.22. The van der Waals surface area contributed by atoms with Crippen LogP contribution in [0.25, 0.3) is 0 Å². The molecule has 0 heterocycles. The third-order valence-electron chi connectivity index (χ3n) is 3.07. The lowest BCUT2D eigenvalue weighted by molar-refractivity contribution is -0.144. The maximum absolute atomic E-state index is 12.0. The minimum atomic E-state index is -3.32. The number of carbonyl (C=O) groups excluding carboxylic acids is 1. The van der Waals surface area contributed by atoms with Crippen LogP contribution in [0, 0.1) is 19.8 Å². The van der Waals surface area contributed by atoms with E-state index in [1.54, 1.807) is 6.92 Å². The summed E-state index contributed by atoms with van der Waals surface area (Å²) < 4.78 is 28.6. The fourth-order valence-corrected chi connectivity index (χ4v) is 3.56. The predicted octanol–water partition coefficient (Wildman–Crippen LogP) is 2.03. The van der Waals surface area contributed by atoms with Gasteiger partial charge in [-0.15, -0.1) is 0 Å². The largest absolute Gasteiger partial charge is 0.469 e. The number of sulfone groups is 1. The normalized spacial score (nSPS) is 13.1. The van der Waals surface area contributed by atoms with Crippen molar-refractivity contribution in [1.82, 2.24) is 0 Å². The Morgan fingerprint density at radius 2 is 1.89 bits per heavy atom. The standard InChI is InChI=1S/C14H20O4S/c1-10-5-6-13(7-11(10)2)9-19(16,17)8-12(3)14(15)18-4/h5-7,12H,8-9H2,1-4H3. The highest BCUT2D eigenvalue weighted by Crippen LogP contribution is 2.15. The molecule has 0 aliphatic carbocycles. The van der Waals surface area contributed by atoms with Crippen LogP contribution in [0.5, 0.6) is 0 Å². The molecule has 0 spiro atoms. The first-order valence-corrected chi connectivity index (χ1v) is 7.91. The summed E-state index contributed by atoms with van der Waals surface area (Å²) in [4.78, 5) is 11.3. The summed E-state index contributed by atoms with van der Waals surface area (Å²) in [5, 5.41) is 0. The van der Waals surface area contributed by atoms with Gasteiger partial charge in [-0.25, -0.2) is 8.42 Å². The molecule has 0 amide bonds. The van der Waals surface area contributed by atoms with Crippen molar-refractivity contribution >= 4 is 15.8 Å². The van der Waals surface area contributed by atoms with Gasteiger partial charge in [0, 0.05) is 0 Å². The maximum Gasteiger partial charge on any atom is 0.309 e. The van der Waals surface area contributed by atoms with Gasteiger partial charge in [0.2, 0.25) is 0 Å². The SMILES string of the molecule is COC(=O)C(C)CS(=O)(=O)Cc1ccc(C)c(C)c1. The molecule has 0 saturated carbocycles. The van der Waals surface area contributed by atoms with E-state index in [-0.39, 0.29) is 11.5 Å². The zero-order valence-electron chi connectivity index (χ0n) is 11.8. The Bertz CT molecular complexity index is 561. The Morgan fingerprint density at radius 1 is 1.26 bits per heavy atom. The molecule has 5 heteroatoms. The summed E-state index contributed by atoms with van der Waals surface area (Å²) >= 11 is 0. The minimum Gasteiger partial charge on any atom is -0.469 e. The fourth-order valence-electron chi connectivity index (χ4n) is 1.86. The van der Waals surface area contributed by atoms with Crippen molar-refractivity contribution in [1.29, 1.82) is 0 Å². The van der Waals surface area contributed by atoms with E-state index in [9.17, 15) is 13.2 Å². The summed E-state index contributed by atoms with van der Waals surface area (Å²) in [6.07, 6.45) is 0. The number of hydrogen-bond donors (Lipinski definition) is 0. The van der Waals surface area contributed by atoms with Crippen LogP contribution in [-0.2, 0) is 25.1 Å². The van der Waals surface area contributed by atoms with Gasteiger partial charge in [-0.1, -0.05) is 25.1 Å². The number of esters is 1. The number of aryl methyl sites for hydroxylation is 2. The molecule has 1 aromatic carbocycles. The van der Waals surface area contributed by atoms with Gasteiger partial charge in [0.15, 0.2) is 9.84 Å². The lowest BCUT2D eigenvalue weighted by Gasteiger charge is -2.10. The highest BCUT2D eigenvalue weighted by molar-refractivity contribution is 7.90. The van der Waals surface area contributed by atoms with Crippen molar-refractivity contribution in [2.45, 2.75) is 26.5 Å². The van der Waals surface area contributed by atoms with Crippen molar-refractivity contribution in [3.8, 4) is 0 Å². The molecule has 19 heavy (non-hydrogen) atoms. The van der Waals surface area contributed by atoms with Gasteiger partial charge in [-0.05, 0) is 30.5 Å². The fraction of sp³-hybridized carbons (Fsp3) is 0.500. The average molecular weight is 284 g/mol. The molecular weight excluding hydrogens is 264 g/mol. The molecule has 0 N–H and O–H groups in total. The Kier molecular flexibility index (Phi) is 5.11. The van der Waals surface area contributed by atoms with E-state index < -0.39 is 21.7 Å². The van der Waals surface area contributed by atoms with Gasteiger partial charge in [-0.2, -0.15) is 0 Å². The van der Waals surface area contributed by atoms with E-state index in [0.717, 1.165) is 16.7 Å². The quantitative estimate of drug-likeness (QED) is 0.776. The number of ether oxygens (including phenoxy) is 1. The second-order valence-corrected chi connectivity index (χ2v) is 7.01. The summed E-state index contributed by atoms with van der Waals surface area (Å²) in [6.45, 7) is 5.49. The second-order valence-electron chi connectivity index (χ2n) is 4.90. The van der Waals surface area contributed by atoms with Crippen LogP contribution in [-0.4, -0.2) is 27.2 Å². The van der Waals surface area contributed by atoms with Crippen LogP contribution in [0.4, 0.5) is 0 Å². The number of hydrogen-bond acceptors (Lipinski definition) is 4. The molecule has 1 unspecified atom stereocenters. The molecule has 0 aliphatic rings. The molecule has 0 aliphatic heterocycles. The molecule has 1 rings (SSSR count). The maximum atomic E-state index is 12.0. The van der Waals surface area contributed by atoms with Gasteiger partial charge in [0.25, 0.3) is 0 Å². The van der Waals surface area contributed by atoms with E-state index in [1.807, 2.05) is 32.0 Å². The number of methoxy groups -OCH3 is 1. The van der Waals surface area contributed by atoms with Crippen LogP contribution in [0.2, 0.25) is 0 Å². The molecule has 0 fully saturated rings. The summed E-state index contributed by atoms with van der Waals surface area (Å²) in [6, 6.07) is 5.59. The summed E-state index contributed by atoms with van der Waals surface area (Å²) in [7, 11) is -2.06. The van der Waals surface area contributed by atoms with Crippen molar-refractivity contribution in [3.05, 3.63) is 34.9 Å². The first-order valence-electron chi connectivity index (χ1n) is 6.09. The van der Waals surface area contributed by atoms with Crippen LogP contribution in [0.15, 0.2) is 18.2 Å². The monoisotopic (exact) mass is 284 g/mol. The Labute approximate surface area is 114 Å². The van der Waals surface area contributed by atoms with E-state index in [0.29, 0.717) is 0 Å². The van der Waals surface area contributed by atoms with Crippen LogP contribution < -0.4 is 0 Å². The third-order valence-corrected chi connectivity index (χ3v) is 4.85. The van der Waals surface area contributed by atoms with Gasteiger partial charge < -0.3 is 4.74 Å². The van der Waals surface area contributed by atoms with Crippen LogP contribution in [0.3, 0.4) is 0 Å². The molecule has 106 valence electrons. The molecular formula is C14H20O4S. The Hall–Kier alpha value is -1.36. The molecule has 4 nitrogen and oxygen atoms in total. The van der Waals surface area contributed by atoms with Gasteiger partial charge >= 0.3 is 5.97 Å². The average Bonchev–Trinajstić information content (AvgIpc) is 2.31. The summed E-state index contributed by atoms with van der Waals surface area (Å²) in [5.41, 5.74) is 2.94. The zero-order chi connectivity index (χ0) is 14.6. The molecule has 1 atom stereocenters. The van der Waals surface area contributed by atoms with Gasteiger partial charge in [-0.3, -0.25) is 4.79 Å². The van der Waals surface area contributed by atoms with E-state index in [2.05, 4.69) is 4.74 Å². The topological polar surface area (TPSA) is 60.4 Å². The zero-order valence-corrected chi connectivity index (χ0v) is 12.6. The third kappa shape index (κ3) is 4.67. The number of carbonyl (C=O) groups is 1. The smallest absolute Gasteiger partial charge is 0.309 e. The number of benzene rings is 1. The van der Waals surface area contributed by atoms with E-state index in [1.165, 1.54) is 7.11 Å². The Morgan fingerprint density at radius 3 is 2.42 bits per heavy atom. The molecule has 0 aromatic heterocycles. The highest BCUT2D eigenvalue weighted by atomic mass is 32.2. The minimum absolute atomic E-state index is 0.0462. The molecule has 0 bridgehead atoms. The van der Waals surface area contributed by atoms with Crippen molar-refractivity contribution in [2.75, 3.05) is 12.9 Å². The Balaban J connectivity index is 2.79. The van der Waals surface area contributed by atoms with E-state index >= 15 is 0 Å². The molecule has 0 radical (unpaired) electrons. The van der Waals surface area contributed by atoms with Crippen molar-refractivity contribution < 1.29 is 17.9 Å².